The minimum atomic E-state index is -4.06. The summed E-state index contributed by atoms with van der Waals surface area (Å²) in [6.07, 6.45) is 1.20. The van der Waals surface area contributed by atoms with Gasteiger partial charge in [-0.15, -0.1) is 0 Å². The minimum absolute atomic E-state index is 0.0218. The number of aryl methyl sites for hydroxylation is 1. The second kappa shape index (κ2) is 10.8. The van der Waals surface area contributed by atoms with E-state index in [0.29, 0.717) is 12.9 Å². The number of carboxylic acids is 1. The lowest BCUT2D eigenvalue weighted by Gasteiger charge is -2.28. The second-order valence-electron chi connectivity index (χ2n) is 8.00. The number of carbonyl (C=O) groups is 2. The minimum Gasteiger partial charge on any atom is -0.480 e. The Morgan fingerprint density at radius 1 is 1.25 bits per heavy atom. The summed E-state index contributed by atoms with van der Waals surface area (Å²) < 4.78 is 32.8. The van der Waals surface area contributed by atoms with Crippen molar-refractivity contribution in [3.63, 3.8) is 0 Å². The highest BCUT2D eigenvalue weighted by molar-refractivity contribution is 7.89. The van der Waals surface area contributed by atoms with E-state index in [1.54, 1.807) is 12.1 Å². The molecule has 1 rings (SSSR count). The van der Waals surface area contributed by atoms with Crippen LogP contribution in [-0.4, -0.2) is 57.5 Å². The second-order valence-corrected chi connectivity index (χ2v) is 15.5. The number of carbonyl (C=O) groups excluding carboxylic acids is 1. The molecule has 0 radical (unpaired) electrons. The van der Waals surface area contributed by atoms with E-state index in [1.807, 2.05) is 6.92 Å². The molecule has 0 amide bonds. The lowest BCUT2D eigenvalue weighted by Crippen LogP contribution is -2.46. The van der Waals surface area contributed by atoms with Crippen molar-refractivity contribution in [2.24, 2.45) is 0 Å². The summed E-state index contributed by atoms with van der Waals surface area (Å²) in [5, 5.41) is 9.64. The number of hydrogen-bond donors (Lipinski definition) is 1. The van der Waals surface area contributed by atoms with Crippen molar-refractivity contribution in [1.29, 1.82) is 0 Å². The molecule has 9 heteroatoms. The molecule has 0 unspecified atom stereocenters. The Morgan fingerprint density at radius 2 is 1.86 bits per heavy atom. The van der Waals surface area contributed by atoms with Crippen LogP contribution in [0.15, 0.2) is 29.2 Å². The maximum atomic E-state index is 13.1. The summed E-state index contributed by atoms with van der Waals surface area (Å²) >= 11 is 0. The van der Waals surface area contributed by atoms with Crippen molar-refractivity contribution in [2.45, 2.75) is 62.8 Å². The summed E-state index contributed by atoms with van der Waals surface area (Å²) in [7, 11) is -5.43. The molecule has 0 heterocycles. The zero-order valence-electron chi connectivity index (χ0n) is 17.1. The third kappa shape index (κ3) is 7.82. The van der Waals surface area contributed by atoms with E-state index in [-0.39, 0.29) is 30.9 Å². The van der Waals surface area contributed by atoms with Crippen molar-refractivity contribution < 1.29 is 27.9 Å². The van der Waals surface area contributed by atoms with E-state index < -0.39 is 30.1 Å². The predicted molar refractivity (Wildman–Crippen MR) is 111 cm³/mol. The number of benzene rings is 1. The number of hydrogen-bond acceptors (Lipinski definition) is 5. The topological polar surface area (TPSA) is 101 Å². The van der Waals surface area contributed by atoms with Gasteiger partial charge in [0.1, 0.15) is 19.1 Å². The lowest BCUT2D eigenvalue weighted by atomic mass is 10.1. The van der Waals surface area contributed by atoms with Gasteiger partial charge in [0.2, 0.25) is 10.0 Å². The van der Waals surface area contributed by atoms with Crippen LogP contribution in [0.3, 0.4) is 0 Å². The summed E-state index contributed by atoms with van der Waals surface area (Å²) in [6.45, 7) is 8.41. The number of aliphatic carboxylic acids is 1. The SMILES string of the molecule is Cc1ccc(S(=O)(=O)N(COCC[Si](C)(C)C)[C@@H](CCCC=O)C(=O)O)cc1. The molecule has 1 aromatic rings. The number of sulfonamides is 1. The van der Waals surface area contributed by atoms with E-state index in [4.69, 9.17) is 4.74 Å². The highest BCUT2D eigenvalue weighted by Crippen LogP contribution is 2.22. The van der Waals surface area contributed by atoms with Gasteiger partial charge in [0.15, 0.2) is 0 Å². The molecule has 0 saturated heterocycles. The molecule has 0 bridgehead atoms. The molecule has 0 fully saturated rings. The van der Waals surface area contributed by atoms with Gasteiger partial charge in [0, 0.05) is 21.1 Å². The standard InChI is InChI=1S/C19H31NO6SSi/c1-16-8-10-17(11-9-16)27(24,25)20(15-26-13-14-28(2,3)4)18(19(22)23)7-5-6-12-21/h8-12,18H,5-7,13-15H2,1-4H3,(H,22,23)/t18-/m0/s1. The highest BCUT2D eigenvalue weighted by Gasteiger charge is 2.36. The van der Waals surface area contributed by atoms with Gasteiger partial charge in [0.25, 0.3) is 0 Å². The van der Waals surface area contributed by atoms with Gasteiger partial charge in [-0.1, -0.05) is 37.3 Å². The van der Waals surface area contributed by atoms with Crippen LogP contribution < -0.4 is 0 Å². The summed E-state index contributed by atoms with van der Waals surface area (Å²) in [5.74, 6) is -1.25. The Bertz CT molecular complexity index is 743. The maximum Gasteiger partial charge on any atom is 0.322 e. The first kappa shape index (κ1) is 24.5. The molecular formula is C19H31NO6SSi. The summed E-state index contributed by atoms with van der Waals surface area (Å²) in [6, 6.07) is 5.80. The molecule has 1 aromatic carbocycles. The monoisotopic (exact) mass is 429 g/mol. The predicted octanol–water partition coefficient (Wildman–Crippen LogP) is 3.12. The molecule has 0 aliphatic heterocycles. The fourth-order valence-corrected chi connectivity index (χ4v) is 4.74. The number of unbranched alkanes of at least 4 members (excludes halogenated alkanes) is 1. The van der Waals surface area contributed by atoms with Crippen LogP contribution in [0.5, 0.6) is 0 Å². The van der Waals surface area contributed by atoms with E-state index in [1.165, 1.54) is 12.1 Å². The number of carboxylic acid groups (broad SMARTS) is 1. The molecule has 1 N–H and O–H groups in total. The van der Waals surface area contributed by atoms with Crippen molar-refractivity contribution in [3.05, 3.63) is 29.8 Å². The molecule has 7 nitrogen and oxygen atoms in total. The van der Waals surface area contributed by atoms with Crippen molar-refractivity contribution in [2.75, 3.05) is 13.3 Å². The third-order valence-corrected chi connectivity index (χ3v) is 7.82. The van der Waals surface area contributed by atoms with Crippen LogP contribution in [0.25, 0.3) is 0 Å². The van der Waals surface area contributed by atoms with Crippen molar-refractivity contribution >= 4 is 30.4 Å². The van der Waals surface area contributed by atoms with Gasteiger partial charge in [-0.2, -0.15) is 4.31 Å². The Labute approximate surface area is 168 Å². The summed E-state index contributed by atoms with van der Waals surface area (Å²) in [4.78, 5) is 22.4. The molecule has 158 valence electrons. The van der Waals surface area contributed by atoms with Gasteiger partial charge in [-0.25, -0.2) is 8.42 Å². The van der Waals surface area contributed by atoms with Crippen molar-refractivity contribution in [1.82, 2.24) is 4.31 Å². The quantitative estimate of drug-likeness (QED) is 0.224. The first-order valence-corrected chi connectivity index (χ1v) is 14.5. The van der Waals surface area contributed by atoms with E-state index in [2.05, 4.69) is 19.6 Å². The van der Waals surface area contributed by atoms with Crippen LogP contribution in [0.4, 0.5) is 0 Å². The van der Waals surface area contributed by atoms with Crippen molar-refractivity contribution in [3.8, 4) is 0 Å². The maximum absolute atomic E-state index is 13.1. The molecule has 0 aromatic heterocycles. The zero-order chi connectivity index (χ0) is 21.4. The number of aldehydes is 1. The smallest absolute Gasteiger partial charge is 0.322 e. The molecule has 1 atom stereocenters. The Kier molecular flexibility index (Phi) is 9.48. The van der Waals surface area contributed by atoms with E-state index in [0.717, 1.165) is 15.9 Å². The molecule has 0 aliphatic carbocycles. The van der Waals surface area contributed by atoms with Crippen LogP contribution in [-0.2, 0) is 24.3 Å². The fourth-order valence-electron chi connectivity index (χ4n) is 2.49. The van der Waals surface area contributed by atoms with Gasteiger partial charge in [-0.3, -0.25) is 4.79 Å². The first-order chi connectivity index (χ1) is 13.0. The molecule has 0 spiro atoms. The number of rotatable bonds is 13. The van der Waals surface area contributed by atoms with Crippen LogP contribution in [0, 0.1) is 6.92 Å². The molecular weight excluding hydrogens is 398 g/mol. The van der Waals surface area contributed by atoms with Crippen LogP contribution in [0.1, 0.15) is 24.8 Å². The van der Waals surface area contributed by atoms with Gasteiger partial charge < -0.3 is 14.6 Å². The van der Waals surface area contributed by atoms with Crippen LogP contribution in [0.2, 0.25) is 25.7 Å². The lowest BCUT2D eigenvalue weighted by molar-refractivity contribution is -0.143. The van der Waals surface area contributed by atoms with Crippen LogP contribution >= 0.6 is 0 Å². The highest BCUT2D eigenvalue weighted by atomic mass is 32.2. The zero-order valence-corrected chi connectivity index (χ0v) is 18.9. The van der Waals surface area contributed by atoms with E-state index >= 15 is 0 Å². The van der Waals surface area contributed by atoms with E-state index in [9.17, 15) is 23.1 Å². The molecule has 28 heavy (non-hydrogen) atoms. The first-order valence-electron chi connectivity index (χ1n) is 9.32. The average molecular weight is 430 g/mol. The Morgan fingerprint density at radius 3 is 2.36 bits per heavy atom. The third-order valence-electron chi connectivity index (χ3n) is 4.27. The summed E-state index contributed by atoms with van der Waals surface area (Å²) in [5.41, 5.74) is 0.901. The Hall–Kier alpha value is -1.55. The van der Waals surface area contributed by atoms with Gasteiger partial charge in [-0.05, 0) is 37.9 Å². The van der Waals surface area contributed by atoms with Gasteiger partial charge >= 0.3 is 5.97 Å². The normalized spacial score (nSPS) is 13.5. The largest absolute Gasteiger partial charge is 0.480 e. The molecule has 0 aliphatic rings. The number of nitrogens with zero attached hydrogens (tertiary/aromatic N) is 1. The number of ether oxygens (including phenoxy) is 1. The molecule has 0 saturated carbocycles. The van der Waals surface area contributed by atoms with Gasteiger partial charge in [0.05, 0.1) is 4.90 Å². The average Bonchev–Trinajstić information content (AvgIpc) is 2.59. The Balaban J connectivity index is 3.11. The fraction of sp³-hybridized carbons (Fsp3) is 0.579.